The highest BCUT2D eigenvalue weighted by molar-refractivity contribution is 6.09. The second kappa shape index (κ2) is 10.9. The van der Waals surface area contributed by atoms with Crippen LogP contribution >= 0.6 is 0 Å². The predicted octanol–water partition coefficient (Wildman–Crippen LogP) is 6.89. The highest BCUT2D eigenvalue weighted by atomic mass is 19.1. The number of hydrogen-bond acceptors (Lipinski definition) is 3. The molecule has 6 heteroatoms. The number of piperidine rings is 1. The van der Waals surface area contributed by atoms with Crippen LogP contribution in [0.25, 0.3) is 10.8 Å². The van der Waals surface area contributed by atoms with Gasteiger partial charge in [0.2, 0.25) is 0 Å². The van der Waals surface area contributed by atoms with Crippen LogP contribution in [-0.2, 0) is 10.3 Å². The number of carbonyl (C=O) groups excluding carboxylic acids is 1. The van der Waals surface area contributed by atoms with Gasteiger partial charge in [-0.15, -0.1) is 0 Å². The van der Waals surface area contributed by atoms with E-state index in [0.29, 0.717) is 29.4 Å². The fourth-order valence-electron chi connectivity index (χ4n) is 6.43. The minimum absolute atomic E-state index is 0.225. The van der Waals surface area contributed by atoms with Gasteiger partial charge in [0.15, 0.2) is 5.54 Å². The normalized spacial score (nSPS) is 20.3. The fraction of sp³-hybridized carbons (Fsp3) is 0.294. The van der Waals surface area contributed by atoms with Gasteiger partial charge in [0.1, 0.15) is 17.5 Å². The van der Waals surface area contributed by atoms with Crippen molar-refractivity contribution in [2.75, 3.05) is 26.2 Å². The second-order valence-corrected chi connectivity index (χ2v) is 10.9. The highest BCUT2D eigenvalue weighted by Gasteiger charge is 2.50. The Balaban J connectivity index is 1.12. The third kappa shape index (κ3) is 4.81. The van der Waals surface area contributed by atoms with Gasteiger partial charge < -0.3 is 4.90 Å². The Labute approximate surface area is 234 Å². The quantitative estimate of drug-likeness (QED) is 0.257. The molecule has 204 valence electrons. The SMILES string of the molecule is CC1=NC(c2ccc(F)cc2)(c2cccc(F)c2)C(=O)N1CCCN1CCC(c2cccc3ccccc23)CC1. The average molecular weight is 538 g/mol. The van der Waals surface area contributed by atoms with Gasteiger partial charge in [-0.3, -0.25) is 9.69 Å². The summed E-state index contributed by atoms with van der Waals surface area (Å²) in [6.07, 6.45) is 3.04. The van der Waals surface area contributed by atoms with Crippen molar-refractivity contribution in [1.29, 1.82) is 0 Å². The first-order valence-corrected chi connectivity index (χ1v) is 14.1. The third-order valence-corrected chi connectivity index (χ3v) is 8.49. The molecule has 0 aliphatic carbocycles. The number of rotatable bonds is 7. The lowest BCUT2D eigenvalue weighted by molar-refractivity contribution is -0.130. The zero-order chi connectivity index (χ0) is 27.7. The Bertz CT molecular complexity index is 1550. The Hall–Kier alpha value is -3.90. The van der Waals surface area contributed by atoms with Crippen molar-refractivity contribution < 1.29 is 13.6 Å². The lowest BCUT2D eigenvalue weighted by Gasteiger charge is -2.33. The van der Waals surface area contributed by atoms with Gasteiger partial charge in [-0.2, -0.15) is 0 Å². The summed E-state index contributed by atoms with van der Waals surface area (Å²) in [5.74, 6) is 0.0833. The van der Waals surface area contributed by atoms with Gasteiger partial charge in [0.05, 0.1) is 0 Å². The maximum Gasteiger partial charge on any atom is 0.265 e. The Morgan fingerprint density at radius 2 is 1.55 bits per heavy atom. The van der Waals surface area contributed by atoms with Gasteiger partial charge in [-0.25, -0.2) is 13.8 Å². The summed E-state index contributed by atoms with van der Waals surface area (Å²) in [4.78, 5) is 23.0. The third-order valence-electron chi connectivity index (χ3n) is 8.49. The van der Waals surface area contributed by atoms with E-state index in [1.54, 1.807) is 29.2 Å². The van der Waals surface area contributed by atoms with Crippen molar-refractivity contribution >= 4 is 22.5 Å². The maximum atomic E-state index is 14.3. The number of likely N-dealkylation sites (tertiary alicyclic amines) is 1. The largest absolute Gasteiger partial charge is 0.303 e. The van der Waals surface area contributed by atoms with Gasteiger partial charge in [-0.05, 0) is 103 Å². The van der Waals surface area contributed by atoms with E-state index < -0.39 is 17.2 Å². The molecule has 2 aliphatic rings. The van der Waals surface area contributed by atoms with Gasteiger partial charge >= 0.3 is 0 Å². The fourth-order valence-corrected chi connectivity index (χ4v) is 6.43. The van der Waals surface area contributed by atoms with E-state index in [2.05, 4.69) is 47.4 Å². The molecule has 0 bridgehead atoms. The molecular formula is C34H33F2N3O. The number of halogens is 2. The van der Waals surface area contributed by atoms with Gasteiger partial charge in [0, 0.05) is 6.54 Å². The molecule has 1 saturated heterocycles. The molecule has 0 aromatic heterocycles. The molecule has 0 radical (unpaired) electrons. The molecular weight excluding hydrogens is 504 g/mol. The van der Waals surface area contributed by atoms with Crippen molar-refractivity contribution in [3.8, 4) is 0 Å². The molecule has 2 aliphatic heterocycles. The highest BCUT2D eigenvalue weighted by Crippen LogP contribution is 2.40. The summed E-state index contributed by atoms with van der Waals surface area (Å²) < 4.78 is 28.0. The van der Waals surface area contributed by atoms with E-state index >= 15 is 0 Å². The number of amides is 1. The summed E-state index contributed by atoms with van der Waals surface area (Å²) >= 11 is 0. The lowest BCUT2D eigenvalue weighted by Crippen LogP contribution is -2.43. The summed E-state index contributed by atoms with van der Waals surface area (Å²) in [6, 6.07) is 27.0. The molecule has 6 rings (SSSR count). The molecule has 4 aromatic carbocycles. The number of carbonyl (C=O) groups is 1. The van der Waals surface area contributed by atoms with Crippen LogP contribution in [0.2, 0.25) is 0 Å². The van der Waals surface area contributed by atoms with Crippen LogP contribution in [0.3, 0.4) is 0 Å². The minimum Gasteiger partial charge on any atom is -0.303 e. The summed E-state index contributed by atoms with van der Waals surface area (Å²) in [6.45, 7) is 5.28. The maximum absolute atomic E-state index is 14.3. The van der Waals surface area contributed by atoms with Crippen molar-refractivity contribution in [3.63, 3.8) is 0 Å². The summed E-state index contributed by atoms with van der Waals surface area (Å²) in [7, 11) is 0. The van der Waals surface area contributed by atoms with E-state index in [-0.39, 0.29) is 5.91 Å². The Morgan fingerprint density at radius 3 is 2.33 bits per heavy atom. The van der Waals surface area contributed by atoms with Crippen LogP contribution in [0.4, 0.5) is 8.78 Å². The number of benzene rings is 4. The molecule has 2 heterocycles. The smallest absolute Gasteiger partial charge is 0.265 e. The second-order valence-electron chi connectivity index (χ2n) is 10.9. The van der Waals surface area contributed by atoms with Crippen LogP contribution in [0, 0.1) is 11.6 Å². The molecule has 4 aromatic rings. The molecule has 1 atom stereocenters. The molecule has 1 unspecified atom stereocenters. The minimum atomic E-state index is -1.42. The van der Waals surface area contributed by atoms with Gasteiger partial charge in [-0.1, -0.05) is 66.7 Å². The number of nitrogens with zero attached hydrogens (tertiary/aromatic N) is 3. The first kappa shape index (κ1) is 26.3. The first-order valence-electron chi connectivity index (χ1n) is 14.1. The molecule has 0 saturated carbocycles. The van der Waals surface area contributed by atoms with Crippen LogP contribution in [0.1, 0.15) is 48.8 Å². The van der Waals surface area contributed by atoms with Crippen LogP contribution < -0.4 is 0 Å². The van der Waals surface area contributed by atoms with Gasteiger partial charge in [0.25, 0.3) is 5.91 Å². The number of hydrogen-bond donors (Lipinski definition) is 0. The number of fused-ring (bicyclic) bond motifs is 1. The Kier molecular flexibility index (Phi) is 7.20. The summed E-state index contributed by atoms with van der Waals surface area (Å²) in [5.41, 5.74) is 1.00. The van der Waals surface area contributed by atoms with Crippen molar-refractivity contribution in [2.24, 2.45) is 4.99 Å². The van der Waals surface area contributed by atoms with E-state index in [9.17, 15) is 13.6 Å². The van der Waals surface area contributed by atoms with E-state index in [0.717, 1.165) is 38.9 Å². The van der Waals surface area contributed by atoms with E-state index in [1.807, 2.05) is 6.92 Å². The van der Waals surface area contributed by atoms with Crippen LogP contribution in [0.15, 0.2) is 96.0 Å². The van der Waals surface area contributed by atoms with E-state index in [1.165, 1.54) is 40.6 Å². The molecule has 40 heavy (non-hydrogen) atoms. The zero-order valence-corrected chi connectivity index (χ0v) is 22.7. The standard InChI is InChI=1S/C34H33F2N3O/c1-24-37-34(27-13-15-29(35)16-14-27,28-9-5-10-30(36)23-28)33(40)39(24)20-6-19-38-21-17-26(18-22-38)32-12-4-8-25-7-2-3-11-31(25)32/h2-5,7-16,23,26H,6,17-22H2,1H3. The topological polar surface area (TPSA) is 35.9 Å². The predicted molar refractivity (Wildman–Crippen MR) is 155 cm³/mol. The monoisotopic (exact) mass is 537 g/mol. The molecule has 0 N–H and O–H groups in total. The van der Waals surface area contributed by atoms with Crippen molar-refractivity contribution in [2.45, 2.75) is 37.6 Å². The number of amidine groups is 1. The van der Waals surface area contributed by atoms with Crippen LogP contribution in [-0.4, -0.2) is 47.7 Å². The lowest BCUT2D eigenvalue weighted by atomic mass is 9.82. The zero-order valence-electron chi connectivity index (χ0n) is 22.7. The van der Waals surface area contributed by atoms with Crippen molar-refractivity contribution in [1.82, 2.24) is 9.80 Å². The molecule has 0 spiro atoms. The van der Waals surface area contributed by atoms with E-state index in [4.69, 9.17) is 4.99 Å². The van der Waals surface area contributed by atoms with Crippen molar-refractivity contribution in [3.05, 3.63) is 119 Å². The molecule has 1 fully saturated rings. The molecule has 4 nitrogen and oxygen atoms in total. The van der Waals surface area contributed by atoms with Crippen LogP contribution in [0.5, 0.6) is 0 Å². The molecule has 1 amide bonds. The average Bonchev–Trinajstić information content (AvgIpc) is 3.23. The number of aliphatic imine (C=N–C) groups is 1. The Morgan fingerprint density at radius 1 is 0.825 bits per heavy atom. The first-order chi connectivity index (χ1) is 19.5. The summed E-state index contributed by atoms with van der Waals surface area (Å²) in [5, 5.41) is 2.65.